The maximum absolute atomic E-state index is 13.2. The number of amides is 1. The standard InChI is InChI=1S/C24H23N3O4S2/c1-16(23-25-21-9-4-5-10-22(21)32-23)27(2)24(28)17-7-6-8-20(15-17)33(29,30)26-18-11-13-19(31-3)14-12-18/h4-16,26H,1-3H3/t16-/m1/s1. The van der Waals surface area contributed by atoms with Crippen molar-refractivity contribution in [1.82, 2.24) is 9.88 Å². The van der Waals surface area contributed by atoms with Gasteiger partial charge in [-0.05, 0) is 61.5 Å². The number of rotatable bonds is 7. The summed E-state index contributed by atoms with van der Waals surface area (Å²) in [5, 5.41) is 0.817. The van der Waals surface area contributed by atoms with Gasteiger partial charge in [0.05, 0.1) is 28.3 Å². The lowest BCUT2D eigenvalue weighted by Gasteiger charge is -2.23. The Hall–Kier alpha value is -3.43. The molecule has 9 heteroatoms. The van der Waals surface area contributed by atoms with Crippen LogP contribution in [0.25, 0.3) is 10.2 Å². The first-order chi connectivity index (χ1) is 15.8. The first-order valence-electron chi connectivity index (χ1n) is 10.2. The average molecular weight is 482 g/mol. The van der Waals surface area contributed by atoms with Gasteiger partial charge in [-0.15, -0.1) is 11.3 Å². The van der Waals surface area contributed by atoms with Crippen LogP contribution in [0.15, 0.2) is 77.7 Å². The highest BCUT2D eigenvalue weighted by atomic mass is 32.2. The molecule has 1 aromatic heterocycles. The third-order valence-corrected chi connectivity index (χ3v) is 7.89. The fraction of sp³-hybridized carbons (Fsp3) is 0.167. The number of methoxy groups -OCH3 is 1. The molecule has 0 aliphatic rings. The Morgan fingerprint density at radius 2 is 1.79 bits per heavy atom. The molecule has 0 spiro atoms. The molecule has 0 saturated carbocycles. The van der Waals surface area contributed by atoms with Crippen LogP contribution >= 0.6 is 11.3 Å². The van der Waals surface area contributed by atoms with Crippen LogP contribution < -0.4 is 9.46 Å². The number of anilines is 1. The minimum absolute atomic E-state index is 0.00482. The van der Waals surface area contributed by atoms with Crippen LogP contribution in [0, 0.1) is 0 Å². The predicted molar refractivity (Wildman–Crippen MR) is 130 cm³/mol. The monoisotopic (exact) mass is 481 g/mol. The molecule has 1 amide bonds. The van der Waals surface area contributed by atoms with Crippen molar-refractivity contribution in [1.29, 1.82) is 0 Å². The van der Waals surface area contributed by atoms with Crippen LogP contribution in [0.1, 0.15) is 28.3 Å². The van der Waals surface area contributed by atoms with E-state index in [4.69, 9.17) is 4.74 Å². The molecule has 0 fully saturated rings. The second-order valence-corrected chi connectivity index (χ2v) is 10.2. The second-order valence-electron chi connectivity index (χ2n) is 7.47. The lowest BCUT2D eigenvalue weighted by Crippen LogP contribution is -2.29. The topological polar surface area (TPSA) is 88.6 Å². The van der Waals surface area contributed by atoms with Crippen LogP contribution in [0.3, 0.4) is 0 Å². The number of sulfonamides is 1. The molecule has 1 atom stereocenters. The van der Waals surface area contributed by atoms with Crippen molar-refractivity contribution < 1.29 is 17.9 Å². The number of ether oxygens (including phenoxy) is 1. The normalized spacial score (nSPS) is 12.3. The van der Waals surface area contributed by atoms with Gasteiger partial charge in [0.1, 0.15) is 10.8 Å². The average Bonchev–Trinajstić information content (AvgIpc) is 3.27. The Kier molecular flexibility index (Phi) is 6.35. The van der Waals surface area contributed by atoms with E-state index < -0.39 is 10.0 Å². The molecule has 4 rings (SSSR count). The molecule has 0 radical (unpaired) electrons. The van der Waals surface area contributed by atoms with E-state index in [0.717, 1.165) is 15.2 Å². The van der Waals surface area contributed by atoms with Crippen LogP contribution in [0.2, 0.25) is 0 Å². The zero-order valence-corrected chi connectivity index (χ0v) is 20.0. The van der Waals surface area contributed by atoms with Gasteiger partial charge < -0.3 is 9.64 Å². The highest BCUT2D eigenvalue weighted by Crippen LogP contribution is 2.30. The van der Waals surface area contributed by atoms with Crippen molar-refractivity contribution in [2.75, 3.05) is 18.9 Å². The predicted octanol–water partition coefficient (Wildman–Crippen LogP) is 4.94. The zero-order valence-electron chi connectivity index (χ0n) is 18.3. The highest BCUT2D eigenvalue weighted by molar-refractivity contribution is 7.92. The number of nitrogens with zero attached hydrogens (tertiary/aromatic N) is 2. The van der Waals surface area contributed by atoms with Crippen molar-refractivity contribution in [2.24, 2.45) is 0 Å². The molecule has 0 aliphatic heterocycles. The minimum atomic E-state index is -3.88. The largest absolute Gasteiger partial charge is 0.497 e. The second kappa shape index (κ2) is 9.21. The Bertz CT molecular complexity index is 1370. The molecule has 0 unspecified atom stereocenters. The van der Waals surface area contributed by atoms with Gasteiger partial charge in [-0.25, -0.2) is 13.4 Å². The number of carbonyl (C=O) groups excluding carboxylic acids is 1. The Labute approximate surface area is 196 Å². The number of hydrogen-bond acceptors (Lipinski definition) is 6. The Morgan fingerprint density at radius 3 is 2.48 bits per heavy atom. The van der Waals surface area contributed by atoms with E-state index in [1.54, 1.807) is 48.3 Å². The summed E-state index contributed by atoms with van der Waals surface area (Å²) in [5.41, 5.74) is 1.57. The van der Waals surface area contributed by atoms with Crippen LogP contribution in [-0.2, 0) is 10.0 Å². The summed E-state index contributed by atoms with van der Waals surface area (Å²) in [5.74, 6) is 0.332. The molecule has 7 nitrogen and oxygen atoms in total. The fourth-order valence-corrected chi connectivity index (χ4v) is 5.45. The number of aromatic nitrogens is 1. The lowest BCUT2D eigenvalue weighted by molar-refractivity contribution is 0.0742. The summed E-state index contributed by atoms with van der Waals surface area (Å²) in [7, 11) is -0.648. The molecule has 4 aromatic rings. The van der Waals surface area contributed by atoms with Crippen molar-refractivity contribution in [2.45, 2.75) is 17.9 Å². The van der Waals surface area contributed by atoms with Gasteiger partial charge >= 0.3 is 0 Å². The molecule has 0 saturated heterocycles. The number of carbonyl (C=O) groups is 1. The SMILES string of the molecule is COc1ccc(NS(=O)(=O)c2cccc(C(=O)N(C)[C@H](C)c3nc4ccccc4s3)c2)cc1. The lowest BCUT2D eigenvalue weighted by atomic mass is 10.2. The van der Waals surface area contributed by atoms with Gasteiger partial charge in [0, 0.05) is 18.3 Å². The number of thiazole rings is 1. The van der Waals surface area contributed by atoms with Gasteiger partial charge in [-0.3, -0.25) is 9.52 Å². The number of benzene rings is 3. The van der Waals surface area contributed by atoms with Crippen LogP contribution in [0.5, 0.6) is 5.75 Å². The Balaban J connectivity index is 1.54. The van der Waals surface area contributed by atoms with Crippen molar-refractivity contribution in [3.8, 4) is 5.75 Å². The smallest absolute Gasteiger partial charge is 0.261 e. The molecule has 0 aliphatic carbocycles. The first kappa shape index (κ1) is 22.8. The van der Waals surface area contributed by atoms with Gasteiger partial charge in [0.15, 0.2) is 0 Å². The molecule has 33 heavy (non-hydrogen) atoms. The van der Waals surface area contributed by atoms with Gasteiger partial charge in [-0.2, -0.15) is 0 Å². The van der Waals surface area contributed by atoms with Gasteiger partial charge in [-0.1, -0.05) is 18.2 Å². The maximum atomic E-state index is 13.2. The third kappa shape index (κ3) is 4.84. The summed E-state index contributed by atoms with van der Waals surface area (Å²) in [6, 6.07) is 20.1. The number of fused-ring (bicyclic) bond motifs is 1. The molecular weight excluding hydrogens is 458 g/mol. The van der Waals surface area contributed by atoms with Gasteiger partial charge in [0.2, 0.25) is 0 Å². The quantitative estimate of drug-likeness (QED) is 0.404. The van der Waals surface area contributed by atoms with E-state index >= 15 is 0 Å². The summed E-state index contributed by atoms with van der Waals surface area (Å²) < 4.78 is 34.4. The number of para-hydroxylation sites is 1. The summed E-state index contributed by atoms with van der Waals surface area (Å²) in [6.07, 6.45) is 0. The van der Waals surface area contributed by atoms with E-state index in [1.807, 2.05) is 31.2 Å². The minimum Gasteiger partial charge on any atom is -0.497 e. The summed E-state index contributed by atoms with van der Waals surface area (Å²) in [4.78, 5) is 19.4. The number of nitrogens with one attached hydrogen (secondary N) is 1. The van der Waals surface area contributed by atoms with Crippen LogP contribution in [0.4, 0.5) is 5.69 Å². The first-order valence-corrected chi connectivity index (χ1v) is 12.5. The van der Waals surface area contributed by atoms with E-state index in [2.05, 4.69) is 9.71 Å². The molecule has 3 aromatic carbocycles. The van der Waals surface area contributed by atoms with Crippen molar-refractivity contribution in [3.05, 3.63) is 83.4 Å². The number of hydrogen-bond donors (Lipinski definition) is 1. The molecule has 1 heterocycles. The van der Waals surface area contributed by atoms with Crippen molar-refractivity contribution in [3.63, 3.8) is 0 Å². The maximum Gasteiger partial charge on any atom is 0.261 e. The highest BCUT2D eigenvalue weighted by Gasteiger charge is 2.23. The summed E-state index contributed by atoms with van der Waals surface area (Å²) in [6.45, 7) is 1.90. The van der Waals surface area contributed by atoms with Crippen LogP contribution in [-0.4, -0.2) is 38.4 Å². The third-order valence-electron chi connectivity index (χ3n) is 5.30. The van der Waals surface area contributed by atoms with E-state index in [9.17, 15) is 13.2 Å². The summed E-state index contributed by atoms with van der Waals surface area (Å²) >= 11 is 1.54. The fourth-order valence-electron chi connectivity index (χ4n) is 3.28. The Morgan fingerprint density at radius 1 is 1.06 bits per heavy atom. The molecule has 1 N–H and O–H groups in total. The van der Waals surface area contributed by atoms with E-state index in [0.29, 0.717) is 11.4 Å². The van der Waals surface area contributed by atoms with E-state index in [1.165, 1.54) is 30.6 Å². The molecule has 0 bridgehead atoms. The van der Waals surface area contributed by atoms with Gasteiger partial charge in [0.25, 0.3) is 15.9 Å². The molecule has 170 valence electrons. The zero-order chi connectivity index (χ0) is 23.6. The molecular formula is C24H23N3O4S2. The van der Waals surface area contributed by atoms with Crippen molar-refractivity contribution >= 4 is 43.2 Å². The van der Waals surface area contributed by atoms with E-state index in [-0.39, 0.29) is 22.4 Å².